The first-order chi connectivity index (χ1) is 12.0. The van der Waals surface area contributed by atoms with E-state index in [0.29, 0.717) is 32.4 Å². The minimum Gasteiger partial charge on any atom is -0.368 e. The van der Waals surface area contributed by atoms with Crippen molar-refractivity contribution in [1.82, 2.24) is 9.78 Å². The van der Waals surface area contributed by atoms with E-state index in [-0.39, 0.29) is 5.56 Å². The van der Waals surface area contributed by atoms with Crippen LogP contribution in [0.2, 0.25) is 10.0 Å². The van der Waals surface area contributed by atoms with Crippen LogP contribution in [0.3, 0.4) is 0 Å². The standard InChI is InChI=1S/C18H14BrCl2N3O/c1-23(11-12-6-3-2-4-7-12)15-10-22-24(18(25)16(15)19)17-13(20)8-5-9-14(17)21/h2-10H,11H2,1H3. The third-order valence-electron chi connectivity index (χ3n) is 3.72. The van der Waals surface area contributed by atoms with E-state index in [1.54, 1.807) is 24.4 Å². The van der Waals surface area contributed by atoms with Crippen LogP contribution < -0.4 is 10.5 Å². The van der Waals surface area contributed by atoms with Gasteiger partial charge in [-0.1, -0.05) is 59.6 Å². The zero-order chi connectivity index (χ0) is 18.0. The highest BCUT2D eigenvalue weighted by molar-refractivity contribution is 9.10. The van der Waals surface area contributed by atoms with Gasteiger partial charge in [0.2, 0.25) is 0 Å². The quantitative estimate of drug-likeness (QED) is 0.579. The van der Waals surface area contributed by atoms with E-state index in [2.05, 4.69) is 21.0 Å². The van der Waals surface area contributed by atoms with E-state index in [1.165, 1.54) is 4.68 Å². The summed E-state index contributed by atoms with van der Waals surface area (Å²) in [4.78, 5) is 14.7. The van der Waals surface area contributed by atoms with E-state index >= 15 is 0 Å². The first-order valence-electron chi connectivity index (χ1n) is 7.46. The number of halogens is 3. The van der Waals surface area contributed by atoms with Gasteiger partial charge >= 0.3 is 0 Å². The molecule has 1 aromatic heterocycles. The summed E-state index contributed by atoms with van der Waals surface area (Å²) in [7, 11) is 1.90. The van der Waals surface area contributed by atoms with E-state index in [9.17, 15) is 4.79 Å². The fraction of sp³-hybridized carbons (Fsp3) is 0.111. The number of anilines is 1. The maximum absolute atomic E-state index is 12.8. The molecular formula is C18H14BrCl2N3O. The van der Waals surface area contributed by atoms with Crippen LogP contribution in [-0.2, 0) is 6.54 Å². The first-order valence-corrected chi connectivity index (χ1v) is 9.01. The summed E-state index contributed by atoms with van der Waals surface area (Å²) >= 11 is 15.8. The highest BCUT2D eigenvalue weighted by Gasteiger charge is 2.17. The zero-order valence-electron chi connectivity index (χ0n) is 13.3. The van der Waals surface area contributed by atoms with Crippen molar-refractivity contribution in [2.24, 2.45) is 0 Å². The van der Waals surface area contributed by atoms with E-state index in [0.717, 1.165) is 5.56 Å². The highest BCUT2D eigenvalue weighted by Crippen LogP contribution is 2.28. The summed E-state index contributed by atoms with van der Waals surface area (Å²) in [6, 6.07) is 15.0. The Kier molecular flexibility index (Phi) is 5.47. The van der Waals surface area contributed by atoms with Crippen LogP contribution in [0, 0.1) is 0 Å². The number of benzene rings is 2. The van der Waals surface area contributed by atoms with Crippen molar-refractivity contribution < 1.29 is 0 Å². The Balaban J connectivity index is 2.00. The molecule has 0 radical (unpaired) electrons. The van der Waals surface area contributed by atoms with Gasteiger partial charge in [0.1, 0.15) is 10.2 Å². The van der Waals surface area contributed by atoms with Crippen LogP contribution in [0.15, 0.2) is 64.0 Å². The fourth-order valence-electron chi connectivity index (χ4n) is 2.48. The Labute approximate surface area is 163 Å². The van der Waals surface area contributed by atoms with Crippen molar-refractivity contribution in [1.29, 1.82) is 0 Å². The number of nitrogens with zero attached hydrogens (tertiary/aromatic N) is 3. The SMILES string of the molecule is CN(Cc1ccccc1)c1cnn(-c2c(Cl)cccc2Cl)c(=O)c1Br. The molecule has 0 fully saturated rings. The predicted octanol–water partition coefficient (Wildman–Crippen LogP) is 4.94. The smallest absolute Gasteiger partial charge is 0.288 e. The van der Waals surface area contributed by atoms with Crippen molar-refractivity contribution in [3.05, 3.63) is 85.2 Å². The molecule has 128 valence electrons. The highest BCUT2D eigenvalue weighted by atomic mass is 79.9. The molecule has 0 bridgehead atoms. The number of hydrogen-bond acceptors (Lipinski definition) is 3. The van der Waals surface area contributed by atoms with Crippen LogP contribution in [0.4, 0.5) is 5.69 Å². The second kappa shape index (κ2) is 7.60. The maximum Gasteiger partial charge on any atom is 0.288 e. The molecule has 0 saturated carbocycles. The molecular weight excluding hydrogens is 425 g/mol. The van der Waals surface area contributed by atoms with Gasteiger partial charge in [-0.15, -0.1) is 0 Å². The van der Waals surface area contributed by atoms with E-state index in [4.69, 9.17) is 23.2 Å². The van der Waals surface area contributed by atoms with Gasteiger partial charge in [0.15, 0.2) is 0 Å². The molecule has 4 nitrogen and oxygen atoms in total. The normalized spacial score (nSPS) is 10.7. The van der Waals surface area contributed by atoms with Crippen molar-refractivity contribution in [3.63, 3.8) is 0 Å². The monoisotopic (exact) mass is 437 g/mol. The van der Waals surface area contributed by atoms with Crippen molar-refractivity contribution in [2.45, 2.75) is 6.54 Å². The maximum atomic E-state index is 12.8. The Morgan fingerprint density at radius 3 is 2.36 bits per heavy atom. The summed E-state index contributed by atoms with van der Waals surface area (Å²) in [6.07, 6.45) is 1.62. The third kappa shape index (κ3) is 3.73. The Morgan fingerprint density at radius 2 is 1.72 bits per heavy atom. The molecule has 0 spiro atoms. The number of rotatable bonds is 4. The Morgan fingerprint density at radius 1 is 1.08 bits per heavy atom. The van der Waals surface area contributed by atoms with Crippen LogP contribution >= 0.6 is 39.1 Å². The van der Waals surface area contributed by atoms with Gasteiger partial charge in [-0.05, 0) is 33.6 Å². The Hall–Kier alpha value is -1.82. The second-order valence-corrected chi connectivity index (χ2v) is 7.08. The molecule has 0 amide bonds. The van der Waals surface area contributed by atoms with Crippen LogP contribution in [0.1, 0.15) is 5.56 Å². The lowest BCUT2D eigenvalue weighted by Crippen LogP contribution is -2.26. The number of para-hydroxylation sites is 1. The molecule has 0 aliphatic rings. The van der Waals surface area contributed by atoms with Crippen molar-refractivity contribution in [2.75, 3.05) is 11.9 Å². The predicted molar refractivity (Wildman–Crippen MR) is 106 cm³/mol. The van der Waals surface area contributed by atoms with Gasteiger partial charge in [0, 0.05) is 13.6 Å². The minimum absolute atomic E-state index is 0.326. The Bertz CT molecular complexity index is 940. The second-order valence-electron chi connectivity index (χ2n) is 5.47. The molecule has 0 aliphatic heterocycles. The lowest BCUT2D eigenvalue weighted by molar-refractivity contribution is 0.788. The van der Waals surface area contributed by atoms with Crippen LogP contribution in [0.5, 0.6) is 0 Å². The molecule has 0 saturated heterocycles. The van der Waals surface area contributed by atoms with Gasteiger partial charge in [0.25, 0.3) is 5.56 Å². The number of hydrogen-bond donors (Lipinski definition) is 0. The molecule has 25 heavy (non-hydrogen) atoms. The summed E-state index contributed by atoms with van der Waals surface area (Å²) in [5.41, 5.74) is 1.87. The molecule has 0 atom stereocenters. The number of aromatic nitrogens is 2. The molecule has 0 unspecified atom stereocenters. The van der Waals surface area contributed by atoms with E-state index < -0.39 is 0 Å². The first kappa shape index (κ1) is 18.0. The molecule has 0 aliphatic carbocycles. The topological polar surface area (TPSA) is 38.1 Å². The average Bonchev–Trinajstić information content (AvgIpc) is 2.59. The summed E-state index contributed by atoms with van der Waals surface area (Å²) < 4.78 is 1.60. The summed E-state index contributed by atoms with van der Waals surface area (Å²) in [6.45, 7) is 0.650. The largest absolute Gasteiger partial charge is 0.368 e. The molecule has 3 aromatic rings. The molecule has 2 aromatic carbocycles. The molecule has 7 heteroatoms. The summed E-state index contributed by atoms with van der Waals surface area (Å²) in [5.74, 6) is 0. The minimum atomic E-state index is -0.326. The summed E-state index contributed by atoms with van der Waals surface area (Å²) in [5, 5.41) is 4.98. The van der Waals surface area contributed by atoms with Crippen molar-refractivity contribution >= 4 is 44.8 Å². The van der Waals surface area contributed by atoms with Crippen molar-refractivity contribution in [3.8, 4) is 5.69 Å². The zero-order valence-corrected chi connectivity index (χ0v) is 16.4. The van der Waals surface area contributed by atoms with Gasteiger partial charge in [-0.25, -0.2) is 0 Å². The van der Waals surface area contributed by atoms with Crippen LogP contribution in [-0.4, -0.2) is 16.8 Å². The molecule has 3 rings (SSSR count). The van der Waals surface area contributed by atoms with E-state index in [1.807, 2.05) is 42.3 Å². The van der Waals surface area contributed by atoms with Gasteiger partial charge < -0.3 is 4.90 Å². The average molecular weight is 439 g/mol. The molecule has 0 N–H and O–H groups in total. The lowest BCUT2D eigenvalue weighted by atomic mass is 10.2. The molecule has 1 heterocycles. The van der Waals surface area contributed by atoms with Gasteiger partial charge in [-0.2, -0.15) is 9.78 Å². The van der Waals surface area contributed by atoms with Gasteiger partial charge in [0.05, 0.1) is 21.9 Å². The van der Waals surface area contributed by atoms with Crippen LogP contribution in [0.25, 0.3) is 5.69 Å². The third-order valence-corrected chi connectivity index (χ3v) is 5.08. The van der Waals surface area contributed by atoms with Gasteiger partial charge in [-0.3, -0.25) is 4.79 Å². The lowest BCUT2D eigenvalue weighted by Gasteiger charge is -2.21. The fourth-order valence-corrected chi connectivity index (χ4v) is 3.61.